The maximum absolute atomic E-state index is 12.2. The molecule has 1 saturated carbocycles. The molecule has 7 heteroatoms. The first-order valence-corrected chi connectivity index (χ1v) is 6.28. The van der Waals surface area contributed by atoms with Crippen molar-refractivity contribution in [2.24, 2.45) is 17.8 Å². The Bertz CT molecular complexity index is 448. The molecule has 2 heterocycles. The van der Waals surface area contributed by atoms with Crippen LogP contribution in [0.15, 0.2) is 0 Å². The molecule has 1 aromatic rings. The standard InChI is InChI=1S/C11H15N5O2/c1-2-6-3-7-8(4-6)11(18)16(10(7)17)5-9-12-14-15-13-9/h6-8H,2-5H2,1H3,(H,12,13,14,15). The van der Waals surface area contributed by atoms with Crippen LogP contribution in [0.25, 0.3) is 0 Å². The van der Waals surface area contributed by atoms with Crippen LogP contribution in [-0.4, -0.2) is 37.3 Å². The van der Waals surface area contributed by atoms with E-state index in [1.807, 2.05) is 0 Å². The number of nitrogens with zero attached hydrogens (tertiary/aromatic N) is 4. The molecule has 2 fully saturated rings. The minimum Gasteiger partial charge on any atom is -0.274 e. The highest BCUT2D eigenvalue weighted by atomic mass is 16.2. The molecule has 18 heavy (non-hydrogen) atoms. The minimum atomic E-state index is -0.116. The Hall–Kier alpha value is -1.79. The zero-order valence-electron chi connectivity index (χ0n) is 10.2. The van der Waals surface area contributed by atoms with Gasteiger partial charge in [0.2, 0.25) is 11.8 Å². The normalized spacial score (nSPS) is 31.2. The second-order valence-electron chi connectivity index (χ2n) is 5.05. The zero-order chi connectivity index (χ0) is 12.7. The summed E-state index contributed by atoms with van der Waals surface area (Å²) >= 11 is 0. The maximum Gasteiger partial charge on any atom is 0.233 e. The van der Waals surface area contributed by atoms with Gasteiger partial charge in [0.25, 0.3) is 0 Å². The molecule has 3 rings (SSSR count). The fourth-order valence-electron chi connectivity index (χ4n) is 3.08. The number of amides is 2. The third-order valence-electron chi connectivity index (χ3n) is 4.09. The van der Waals surface area contributed by atoms with Gasteiger partial charge >= 0.3 is 0 Å². The highest BCUT2D eigenvalue weighted by molar-refractivity contribution is 6.05. The number of hydrogen-bond donors (Lipinski definition) is 1. The van der Waals surface area contributed by atoms with Gasteiger partial charge in [-0.1, -0.05) is 18.6 Å². The summed E-state index contributed by atoms with van der Waals surface area (Å²) < 4.78 is 0. The number of carbonyl (C=O) groups excluding carboxylic acids is 2. The monoisotopic (exact) mass is 249 g/mol. The molecule has 1 aliphatic carbocycles. The Balaban J connectivity index is 1.76. The number of aromatic amines is 1. The lowest BCUT2D eigenvalue weighted by Gasteiger charge is -2.15. The molecular weight excluding hydrogens is 234 g/mol. The third kappa shape index (κ3) is 1.61. The van der Waals surface area contributed by atoms with Crippen LogP contribution >= 0.6 is 0 Å². The van der Waals surface area contributed by atoms with Crippen molar-refractivity contribution in [1.82, 2.24) is 25.5 Å². The van der Waals surface area contributed by atoms with Crippen LogP contribution in [0.1, 0.15) is 32.0 Å². The second-order valence-corrected chi connectivity index (χ2v) is 5.05. The highest BCUT2D eigenvalue weighted by Gasteiger charge is 2.52. The second kappa shape index (κ2) is 4.15. The summed E-state index contributed by atoms with van der Waals surface area (Å²) in [6.07, 6.45) is 2.72. The molecule has 7 nitrogen and oxygen atoms in total. The molecular formula is C11H15N5O2. The van der Waals surface area contributed by atoms with Crippen molar-refractivity contribution in [3.63, 3.8) is 0 Å². The van der Waals surface area contributed by atoms with E-state index in [0.29, 0.717) is 11.7 Å². The van der Waals surface area contributed by atoms with Crippen molar-refractivity contribution in [2.45, 2.75) is 32.7 Å². The molecule has 0 radical (unpaired) electrons. The average molecular weight is 249 g/mol. The Labute approximate surface area is 104 Å². The van der Waals surface area contributed by atoms with E-state index in [4.69, 9.17) is 0 Å². The first-order chi connectivity index (χ1) is 8.70. The van der Waals surface area contributed by atoms with Crippen molar-refractivity contribution in [1.29, 1.82) is 0 Å². The van der Waals surface area contributed by atoms with Gasteiger partial charge in [-0.25, -0.2) is 0 Å². The molecule has 0 aromatic carbocycles. The van der Waals surface area contributed by atoms with Gasteiger partial charge < -0.3 is 0 Å². The maximum atomic E-state index is 12.2. The number of aromatic nitrogens is 4. The fourth-order valence-corrected chi connectivity index (χ4v) is 3.08. The summed E-state index contributed by atoms with van der Waals surface area (Å²) in [5.74, 6) is 0.532. The van der Waals surface area contributed by atoms with Crippen molar-refractivity contribution in [2.75, 3.05) is 0 Å². The smallest absolute Gasteiger partial charge is 0.233 e. The van der Waals surface area contributed by atoms with Crippen molar-refractivity contribution < 1.29 is 9.59 Å². The number of H-pyrrole nitrogens is 1. The summed E-state index contributed by atoms with van der Waals surface area (Å²) in [6, 6.07) is 0. The van der Waals surface area contributed by atoms with Gasteiger partial charge in [0.1, 0.15) is 0 Å². The molecule has 2 amide bonds. The SMILES string of the molecule is CCC1CC2C(=O)N(Cc3nn[nH]n3)C(=O)C2C1. The zero-order valence-corrected chi connectivity index (χ0v) is 10.2. The first-order valence-electron chi connectivity index (χ1n) is 6.28. The topological polar surface area (TPSA) is 91.8 Å². The summed E-state index contributed by atoms with van der Waals surface area (Å²) in [5.41, 5.74) is 0. The molecule has 2 unspecified atom stereocenters. The molecule has 1 aromatic heterocycles. The number of hydrogen-bond acceptors (Lipinski definition) is 5. The van der Waals surface area contributed by atoms with Crippen molar-refractivity contribution in [3.8, 4) is 0 Å². The molecule has 2 aliphatic rings. The van der Waals surface area contributed by atoms with Crippen molar-refractivity contribution >= 4 is 11.8 Å². The molecule has 1 aliphatic heterocycles. The predicted molar refractivity (Wildman–Crippen MR) is 59.7 cm³/mol. The van der Waals surface area contributed by atoms with Gasteiger partial charge in [-0.15, -0.1) is 10.2 Å². The van der Waals surface area contributed by atoms with Crippen molar-refractivity contribution in [3.05, 3.63) is 5.82 Å². The van der Waals surface area contributed by atoms with Gasteiger partial charge in [0, 0.05) is 0 Å². The van der Waals surface area contributed by atoms with E-state index < -0.39 is 0 Å². The molecule has 96 valence electrons. The lowest BCUT2D eigenvalue weighted by Crippen LogP contribution is -2.32. The van der Waals surface area contributed by atoms with E-state index in [-0.39, 0.29) is 30.2 Å². The highest BCUT2D eigenvalue weighted by Crippen LogP contribution is 2.44. The molecule has 1 N–H and O–H groups in total. The number of fused-ring (bicyclic) bond motifs is 1. The van der Waals surface area contributed by atoms with Crippen LogP contribution in [0.4, 0.5) is 0 Å². The average Bonchev–Trinajstić information content (AvgIpc) is 3.06. The van der Waals surface area contributed by atoms with Gasteiger partial charge in [0.15, 0.2) is 5.82 Å². The van der Waals surface area contributed by atoms with Crippen LogP contribution in [0.3, 0.4) is 0 Å². The summed E-state index contributed by atoms with van der Waals surface area (Å²) in [7, 11) is 0. The van der Waals surface area contributed by atoms with Crippen LogP contribution in [-0.2, 0) is 16.1 Å². The number of likely N-dealkylation sites (tertiary alicyclic amines) is 1. The summed E-state index contributed by atoms with van der Waals surface area (Å²) in [5, 5.41) is 13.3. The number of carbonyl (C=O) groups is 2. The van der Waals surface area contributed by atoms with Crippen LogP contribution in [0, 0.1) is 17.8 Å². The summed E-state index contributed by atoms with van der Waals surface area (Å²) in [4.78, 5) is 25.7. The number of rotatable bonds is 3. The van der Waals surface area contributed by atoms with Crippen LogP contribution in [0.5, 0.6) is 0 Å². The van der Waals surface area contributed by atoms with Gasteiger partial charge in [-0.3, -0.25) is 14.5 Å². The Morgan fingerprint density at radius 1 is 1.28 bits per heavy atom. The lowest BCUT2D eigenvalue weighted by molar-refractivity contribution is -0.141. The minimum absolute atomic E-state index is 0.0641. The first kappa shape index (κ1) is 11.3. The number of imide groups is 1. The molecule has 1 saturated heterocycles. The fraction of sp³-hybridized carbons (Fsp3) is 0.727. The van der Waals surface area contributed by atoms with E-state index in [1.54, 1.807) is 0 Å². The Morgan fingerprint density at radius 3 is 2.44 bits per heavy atom. The van der Waals surface area contributed by atoms with Gasteiger partial charge in [-0.2, -0.15) is 5.21 Å². The van der Waals surface area contributed by atoms with E-state index in [1.165, 1.54) is 4.90 Å². The third-order valence-corrected chi connectivity index (χ3v) is 4.09. The Morgan fingerprint density at radius 2 is 1.94 bits per heavy atom. The quantitative estimate of drug-likeness (QED) is 0.768. The van der Waals surface area contributed by atoms with E-state index in [0.717, 1.165) is 19.3 Å². The lowest BCUT2D eigenvalue weighted by atomic mass is 10.00. The Kier molecular flexibility index (Phi) is 2.61. The number of nitrogens with one attached hydrogen (secondary N) is 1. The predicted octanol–water partition coefficient (Wildman–Crippen LogP) is 0.121. The molecule has 0 spiro atoms. The molecule has 0 bridgehead atoms. The molecule has 2 atom stereocenters. The number of tetrazole rings is 1. The van der Waals surface area contributed by atoms with Crippen LogP contribution in [0.2, 0.25) is 0 Å². The summed E-state index contributed by atoms with van der Waals surface area (Å²) in [6.45, 7) is 2.25. The van der Waals surface area contributed by atoms with E-state index in [2.05, 4.69) is 27.5 Å². The van der Waals surface area contributed by atoms with Gasteiger partial charge in [0.05, 0.1) is 18.4 Å². The van der Waals surface area contributed by atoms with E-state index >= 15 is 0 Å². The van der Waals surface area contributed by atoms with Gasteiger partial charge in [-0.05, 0) is 18.8 Å². The van der Waals surface area contributed by atoms with E-state index in [9.17, 15) is 9.59 Å². The van der Waals surface area contributed by atoms with Crippen LogP contribution < -0.4 is 0 Å². The largest absolute Gasteiger partial charge is 0.274 e.